The highest BCUT2D eigenvalue weighted by atomic mass is 16.7. The molecule has 3 saturated heterocycles. The van der Waals surface area contributed by atoms with E-state index in [4.69, 9.17) is 23.7 Å². The quantitative estimate of drug-likeness (QED) is 0.172. The van der Waals surface area contributed by atoms with E-state index in [1.165, 1.54) is 0 Å². The number of hydrogen-bond donors (Lipinski definition) is 10. The van der Waals surface area contributed by atoms with E-state index in [0.717, 1.165) is 0 Å². The Morgan fingerprint density at radius 2 is 1.22 bits per heavy atom. The molecular weight excluding hydrogens is 444 g/mol. The zero-order chi connectivity index (χ0) is 23.7. The second kappa shape index (κ2) is 10.8. The van der Waals surface area contributed by atoms with E-state index < -0.39 is 106 Å². The predicted molar refractivity (Wildman–Crippen MR) is 95.2 cm³/mol. The van der Waals surface area contributed by atoms with Crippen LogP contribution in [-0.2, 0) is 23.7 Å². The maximum absolute atomic E-state index is 10.7. The summed E-state index contributed by atoms with van der Waals surface area (Å²) in [4.78, 5) is 0. The lowest BCUT2D eigenvalue weighted by atomic mass is 9.96. The van der Waals surface area contributed by atoms with Gasteiger partial charge in [-0.25, -0.2) is 0 Å². The first kappa shape index (κ1) is 26.0. The molecule has 0 saturated carbocycles. The van der Waals surface area contributed by atoms with Gasteiger partial charge in [-0.05, 0) is 0 Å². The minimum atomic E-state index is -1.83. The molecular formula is C17H30O15. The molecule has 0 unspecified atom stereocenters. The molecule has 3 rings (SSSR count). The van der Waals surface area contributed by atoms with Gasteiger partial charge in [0, 0.05) is 0 Å². The largest absolute Gasteiger partial charge is 0.394 e. The molecule has 14 atom stereocenters. The molecule has 0 spiro atoms. The first-order valence-corrected chi connectivity index (χ1v) is 10.00. The lowest BCUT2D eigenvalue weighted by Crippen LogP contribution is -2.66. The third-order valence-electron chi connectivity index (χ3n) is 5.70. The maximum atomic E-state index is 10.7. The Bertz CT molecular complexity index is 594. The Balaban J connectivity index is 1.75. The van der Waals surface area contributed by atoms with Gasteiger partial charge in [0.05, 0.1) is 19.8 Å². The normalized spacial score (nSPS) is 52.7. The topological polar surface area (TPSA) is 248 Å². The molecule has 0 radical (unpaired) electrons. The molecule has 3 fully saturated rings. The Kier molecular flexibility index (Phi) is 8.75. The average molecular weight is 474 g/mol. The third kappa shape index (κ3) is 5.07. The number of aliphatic hydroxyl groups is 10. The summed E-state index contributed by atoms with van der Waals surface area (Å²) < 4.78 is 26.3. The first-order chi connectivity index (χ1) is 15.1. The van der Waals surface area contributed by atoms with Crippen molar-refractivity contribution in [2.45, 2.75) is 86.0 Å². The molecule has 10 N–H and O–H groups in total. The molecule has 0 aliphatic carbocycles. The van der Waals surface area contributed by atoms with Crippen molar-refractivity contribution >= 4 is 0 Å². The van der Waals surface area contributed by atoms with Crippen molar-refractivity contribution in [3.05, 3.63) is 0 Å². The highest BCUT2D eigenvalue weighted by molar-refractivity contribution is 4.95. The van der Waals surface area contributed by atoms with Crippen molar-refractivity contribution in [1.82, 2.24) is 0 Å². The van der Waals surface area contributed by atoms with Gasteiger partial charge < -0.3 is 74.7 Å². The summed E-state index contributed by atoms with van der Waals surface area (Å²) in [6.07, 6.45) is -22.8. The van der Waals surface area contributed by atoms with Crippen LogP contribution in [-0.4, -0.2) is 157 Å². The van der Waals surface area contributed by atoms with Gasteiger partial charge in [-0.1, -0.05) is 0 Å². The van der Waals surface area contributed by atoms with E-state index in [1.54, 1.807) is 0 Å². The minimum absolute atomic E-state index is 0.411. The minimum Gasteiger partial charge on any atom is -0.394 e. The smallest absolute Gasteiger partial charge is 0.187 e. The fraction of sp³-hybridized carbons (Fsp3) is 1.00. The second-order valence-corrected chi connectivity index (χ2v) is 7.89. The lowest BCUT2D eigenvalue weighted by molar-refractivity contribution is -0.373. The van der Waals surface area contributed by atoms with Crippen LogP contribution < -0.4 is 0 Å². The molecule has 0 aromatic rings. The van der Waals surface area contributed by atoms with Crippen molar-refractivity contribution in [3.8, 4) is 0 Å². The summed E-state index contributed by atoms with van der Waals surface area (Å²) in [5.74, 6) is 0. The Morgan fingerprint density at radius 1 is 0.594 bits per heavy atom. The van der Waals surface area contributed by atoms with Gasteiger partial charge in [-0.15, -0.1) is 0 Å². The number of aliphatic hydroxyl groups excluding tert-OH is 10. The van der Waals surface area contributed by atoms with Gasteiger partial charge >= 0.3 is 0 Å². The molecule has 0 bridgehead atoms. The van der Waals surface area contributed by atoms with Crippen LogP contribution in [0.15, 0.2) is 0 Å². The number of rotatable bonds is 6. The van der Waals surface area contributed by atoms with Crippen molar-refractivity contribution < 1.29 is 74.7 Å². The molecule has 32 heavy (non-hydrogen) atoms. The van der Waals surface area contributed by atoms with E-state index in [0.29, 0.717) is 0 Å². The van der Waals surface area contributed by atoms with Gasteiger partial charge in [-0.2, -0.15) is 0 Å². The molecule has 3 aliphatic rings. The fourth-order valence-electron chi connectivity index (χ4n) is 3.77. The highest BCUT2D eigenvalue weighted by Crippen LogP contribution is 2.31. The van der Waals surface area contributed by atoms with Crippen molar-refractivity contribution in [1.29, 1.82) is 0 Å². The summed E-state index contributed by atoms with van der Waals surface area (Å²) in [5.41, 5.74) is 0. The van der Waals surface area contributed by atoms with E-state index in [9.17, 15) is 51.1 Å². The van der Waals surface area contributed by atoms with Crippen molar-refractivity contribution in [2.24, 2.45) is 0 Å². The van der Waals surface area contributed by atoms with Crippen LogP contribution >= 0.6 is 0 Å². The molecule has 15 nitrogen and oxygen atoms in total. The van der Waals surface area contributed by atoms with Crippen LogP contribution in [0.3, 0.4) is 0 Å². The SMILES string of the molecule is OC[C@H]1O[C@@H](O[C@@H]2[C@H](O)[C@@H](O)[C@H](O)O[C@@H]2CO)[C@H](O)[C@@H](O[C@@H]2OC[C@@H](O)[C@H](O)[C@H]2O)[C@@H]1O. The van der Waals surface area contributed by atoms with Crippen molar-refractivity contribution in [3.63, 3.8) is 0 Å². The zero-order valence-corrected chi connectivity index (χ0v) is 16.7. The van der Waals surface area contributed by atoms with E-state index in [-0.39, 0.29) is 0 Å². The van der Waals surface area contributed by atoms with Gasteiger partial charge in [-0.3, -0.25) is 0 Å². The molecule has 15 heteroatoms. The molecule has 3 heterocycles. The van der Waals surface area contributed by atoms with Crippen LogP contribution in [0.1, 0.15) is 0 Å². The lowest BCUT2D eigenvalue weighted by Gasteiger charge is -2.47. The molecule has 3 aliphatic heterocycles. The van der Waals surface area contributed by atoms with Crippen LogP contribution in [0.4, 0.5) is 0 Å². The Labute approximate surface area is 181 Å². The third-order valence-corrected chi connectivity index (χ3v) is 5.70. The number of hydrogen-bond acceptors (Lipinski definition) is 15. The number of ether oxygens (including phenoxy) is 5. The predicted octanol–water partition coefficient (Wildman–Crippen LogP) is -6.93. The van der Waals surface area contributed by atoms with E-state index in [2.05, 4.69) is 0 Å². The summed E-state index contributed by atoms with van der Waals surface area (Å²) in [6.45, 7) is -1.92. The molecule has 188 valence electrons. The first-order valence-electron chi connectivity index (χ1n) is 10.00. The Hall–Kier alpha value is -0.600. The average Bonchev–Trinajstić information content (AvgIpc) is 2.78. The van der Waals surface area contributed by atoms with Crippen LogP contribution in [0.5, 0.6) is 0 Å². The zero-order valence-electron chi connectivity index (χ0n) is 16.7. The van der Waals surface area contributed by atoms with E-state index in [1.807, 2.05) is 0 Å². The van der Waals surface area contributed by atoms with Crippen LogP contribution in [0.25, 0.3) is 0 Å². The fourth-order valence-corrected chi connectivity index (χ4v) is 3.77. The van der Waals surface area contributed by atoms with Gasteiger partial charge in [0.1, 0.15) is 67.1 Å². The Morgan fingerprint density at radius 3 is 1.84 bits per heavy atom. The van der Waals surface area contributed by atoms with Crippen molar-refractivity contribution in [2.75, 3.05) is 19.8 Å². The van der Waals surface area contributed by atoms with Crippen LogP contribution in [0, 0.1) is 0 Å². The second-order valence-electron chi connectivity index (χ2n) is 7.89. The summed E-state index contributed by atoms with van der Waals surface area (Å²) >= 11 is 0. The van der Waals surface area contributed by atoms with Gasteiger partial charge in [0.15, 0.2) is 18.9 Å². The summed E-state index contributed by atoms with van der Waals surface area (Å²) in [5, 5.41) is 99.1. The van der Waals surface area contributed by atoms with Gasteiger partial charge in [0.2, 0.25) is 0 Å². The highest BCUT2D eigenvalue weighted by Gasteiger charge is 2.52. The summed E-state index contributed by atoms with van der Waals surface area (Å²) in [7, 11) is 0. The standard InChI is InChI=1S/C17H30O15/c18-1-5-8(22)14(32-16-11(25)7(21)4(20)3-28-16)12(26)17(30-5)31-13-6(2-19)29-15(27)10(24)9(13)23/h4-27H,1-3H2/t4-,5-,6-,7+,8-,9-,10-,11-,12-,13+,14+,15-,16+,17+/m1/s1. The summed E-state index contributed by atoms with van der Waals surface area (Å²) in [6, 6.07) is 0. The van der Waals surface area contributed by atoms with E-state index >= 15 is 0 Å². The molecule has 0 aromatic heterocycles. The molecule has 0 amide bonds. The van der Waals surface area contributed by atoms with Crippen LogP contribution in [0.2, 0.25) is 0 Å². The molecule has 0 aromatic carbocycles. The monoisotopic (exact) mass is 474 g/mol. The van der Waals surface area contributed by atoms with Gasteiger partial charge in [0.25, 0.3) is 0 Å². The maximum Gasteiger partial charge on any atom is 0.187 e.